The molecule has 1 heteroatoms. The summed E-state index contributed by atoms with van der Waals surface area (Å²) in [5.74, 6) is 8.88. The summed E-state index contributed by atoms with van der Waals surface area (Å²) in [6.07, 6.45) is 29.5. The number of fused-ring (bicyclic) bond motifs is 1. The molecule has 0 bridgehead atoms. The van der Waals surface area contributed by atoms with Crippen molar-refractivity contribution in [3.8, 4) is 0 Å². The van der Waals surface area contributed by atoms with E-state index in [4.69, 9.17) is 7.85 Å². The summed E-state index contributed by atoms with van der Waals surface area (Å²) in [6.45, 7) is 7.71. The van der Waals surface area contributed by atoms with Gasteiger partial charge in [0.2, 0.25) is 0 Å². The minimum atomic E-state index is 0.464. The normalized spacial score (nSPS) is 42.0. The molecule has 4 rings (SSSR count). The molecule has 0 aromatic heterocycles. The van der Waals surface area contributed by atoms with Gasteiger partial charge >= 0.3 is 0 Å². The van der Waals surface area contributed by atoms with Crippen molar-refractivity contribution >= 4 is 7.85 Å². The molecule has 4 saturated carbocycles. The Hall–Kier alpha value is 0.0649. The SMILES string of the molecule is [B]C1CCC(C)C(CC(CCC)C2CCCCC2)C2CCCCC2C1C1CCCCCCC1C. The van der Waals surface area contributed by atoms with Crippen molar-refractivity contribution in [2.75, 3.05) is 0 Å². The Morgan fingerprint density at radius 2 is 1.21 bits per heavy atom. The van der Waals surface area contributed by atoms with Crippen molar-refractivity contribution in [2.45, 2.75) is 155 Å². The Bertz CT molecular complexity index is 565. The second-order valence-electron chi connectivity index (χ2n) is 13.9. The zero-order valence-electron chi connectivity index (χ0n) is 23.5. The summed E-state index contributed by atoms with van der Waals surface area (Å²) < 4.78 is 0. The molecule has 0 N–H and O–H groups in total. The molecule has 2 radical (unpaired) electrons. The molecule has 4 aliphatic carbocycles. The van der Waals surface area contributed by atoms with Crippen LogP contribution in [0, 0.1) is 53.3 Å². The highest BCUT2D eigenvalue weighted by Gasteiger charge is 2.46. The van der Waals surface area contributed by atoms with Crippen LogP contribution in [0.25, 0.3) is 0 Å². The van der Waals surface area contributed by atoms with Gasteiger partial charge in [-0.2, -0.15) is 0 Å². The average molecular weight is 467 g/mol. The van der Waals surface area contributed by atoms with Gasteiger partial charge in [0.1, 0.15) is 0 Å². The van der Waals surface area contributed by atoms with Crippen LogP contribution in [0.3, 0.4) is 0 Å². The first-order valence-electron chi connectivity index (χ1n) is 16.4. The molecule has 4 fully saturated rings. The molecular weight excluding hydrogens is 407 g/mol. The van der Waals surface area contributed by atoms with E-state index in [9.17, 15) is 0 Å². The Labute approximate surface area is 216 Å². The zero-order valence-corrected chi connectivity index (χ0v) is 23.5. The predicted molar refractivity (Wildman–Crippen MR) is 150 cm³/mol. The highest BCUT2D eigenvalue weighted by atomic mass is 14.5. The molecule has 4 aliphatic rings. The van der Waals surface area contributed by atoms with Gasteiger partial charge in [-0.05, 0) is 78.9 Å². The summed E-state index contributed by atoms with van der Waals surface area (Å²) in [7, 11) is 7.21. The minimum absolute atomic E-state index is 0.464. The molecule has 0 spiro atoms. The first-order valence-corrected chi connectivity index (χ1v) is 16.4. The lowest BCUT2D eigenvalue weighted by Gasteiger charge is -2.52. The molecule has 0 nitrogen and oxygen atoms in total. The fraction of sp³-hybridized carbons (Fsp3) is 1.00. The van der Waals surface area contributed by atoms with E-state index in [1.807, 2.05) is 0 Å². The Balaban J connectivity index is 1.58. The molecule has 9 atom stereocenters. The Morgan fingerprint density at radius 1 is 0.618 bits per heavy atom. The van der Waals surface area contributed by atoms with Crippen molar-refractivity contribution in [1.82, 2.24) is 0 Å². The van der Waals surface area contributed by atoms with Gasteiger partial charge < -0.3 is 0 Å². The van der Waals surface area contributed by atoms with E-state index >= 15 is 0 Å². The number of hydrogen-bond acceptors (Lipinski definition) is 0. The second kappa shape index (κ2) is 13.6. The van der Waals surface area contributed by atoms with E-state index in [-0.39, 0.29) is 0 Å². The van der Waals surface area contributed by atoms with E-state index in [0.29, 0.717) is 5.82 Å². The fourth-order valence-electron chi connectivity index (χ4n) is 9.98. The molecule has 0 aromatic carbocycles. The average Bonchev–Trinajstić information content (AvgIpc) is 2.85. The summed E-state index contributed by atoms with van der Waals surface area (Å²) in [5, 5.41) is 0. The van der Waals surface area contributed by atoms with Gasteiger partial charge in [0.15, 0.2) is 0 Å². The highest BCUT2D eigenvalue weighted by Crippen LogP contribution is 2.55. The van der Waals surface area contributed by atoms with Crippen LogP contribution in [0.2, 0.25) is 5.82 Å². The van der Waals surface area contributed by atoms with E-state index in [1.165, 1.54) is 122 Å². The lowest BCUT2D eigenvalue weighted by atomic mass is 9.50. The molecular formula is C33H59B. The third kappa shape index (κ3) is 6.68. The van der Waals surface area contributed by atoms with Crippen LogP contribution >= 0.6 is 0 Å². The van der Waals surface area contributed by atoms with E-state index in [0.717, 1.165) is 53.3 Å². The summed E-state index contributed by atoms with van der Waals surface area (Å²) in [4.78, 5) is 0. The fourth-order valence-corrected chi connectivity index (χ4v) is 9.98. The van der Waals surface area contributed by atoms with Crippen LogP contribution in [0.15, 0.2) is 0 Å². The van der Waals surface area contributed by atoms with E-state index in [1.54, 1.807) is 6.42 Å². The van der Waals surface area contributed by atoms with Crippen molar-refractivity contribution in [3.63, 3.8) is 0 Å². The largest absolute Gasteiger partial charge is 0.0741 e. The first kappa shape index (κ1) is 27.1. The molecule has 0 saturated heterocycles. The topological polar surface area (TPSA) is 0 Å². The van der Waals surface area contributed by atoms with Crippen LogP contribution in [-0.2, 0) is 0 Å². The van der Waals surface area contributed by atoms with Crippen LogP contribution in [-0.4, -0.2) is 7.85 Å². The molecule has 0 aromatic rings. The molecule has 0 amide bonds. The molecule has 34 heavy (non-hydrogen) atoms. The molecule has 194 valence electrons. The zero-order chi connectivity index (χ0) is 23.9. The van der Waals surface area contributed by atoms with Crippen LogP contribution in [0.5, 0.6) is 0 Å². The third-order valence-corrected chi connectivity index (χ3v) is 11.8. The number of hydrogen-bond donors (Lipinski definition) is 0. The summed E-state index contributed by atoms with van der Waals surface area (Å²) >= 11 is 0. The molecule has 0 aliphatic heterocycles. The summed E-state index contributed by atoms with van der Waals surface area (Å²) in [5.41, 5.74) is 0. The minimum Gasteiger partial charge on any atom is -0.0741 e. The predicted octanol–water partition coefficient (Wildman–Crippen LogP) is 10.4. The van der Waals surface area contributed by atoms with Crippen molar-refractivity contribution in [1.29, 1.82) is 0 Å². The van der Waals surface area contributed by atoms with Gasteiger partial charge in [0, 0.05) is 0 Å². The summed E-state index contributed by atoms with van der Waals surface area (Å²) in [6, 6.07) is 0. The van der Waals surface area contributed by atoms with Gasteiger partial charge in [-0.25, -0.2) is 0 Å². The molecule has 9 unspecified atom stereocenters. The Morgan fingerprint density at radius 3 is 1.94 bits per heavy atom. The highest BCUT2D eigenvalue weighted by molar-refractivity contribution is 6.11. The number of rotatable bonds is 6. The lowest BCUT2D eigenvalue weighted by Crippen LogP contribution is -2.43. The van der Waals surface area contributed by atoms with Gasteiger partial charge in [0.05, 0.1) is 7.85 Å². The van der Waals surface area contributed by atoms with Gasteiger partial charge in [0.25, 0.3) is 0 Å². The van der Waals surface area contributed by atoms with Gasteiger partial charge in [-0.1, -0.05) is 129 Å². The lowest BCUT2D eigenvalue weighted by molar-refractivity contribution is -0.00221. The van der Waals surface area contributed by atoms with Crippen LogP contribution in [0.4, 0.5) is 0 Å². The van der Waals surface area contributed by atoms with Crippen LogP contribution in [0.1, 0.15) is 149 Å². The maximum atomic E-state index is 7.21. The van der Waals surface area contributed by atoms with Crippen molar-refractivity contribution in [2.24, 2.45) is 53.3 Å². The first-order chi connectivity index (χ1) is 16.6. The van der Waals surface area contributed by atoms with Crippen LogP contribution < -0.4 is 0 Å². The molecule has 0 heterocycles. The Kier molecular flexibility index (Phi) is 10.8. The maximum Gasteiger partial charge on any atom is 0.0703 e. The monoisotopic (exact) mass is 466 g/mol. The quantitative estimate of drug-likeness (QED) is 0.342. The van der Waals surface area contributed by atoms with E-state index in [2.05, 4.69) is 20.8 Å². The van der Waals surface area contributed by atoms with Crippen molar-refractivity contribution in [3.05, 3.63) is 0 Å². The van der Waals surface area contributed by atoms with Crippen molar-refractivity contribution < 1.29 is 0 Å². The maximum absolute atomic E-state index is 7.21. The smallest absolute Gasteiger partial charge is 0.0703 e. The second-order valence-corrected chi connectivity index (χ2v) is 13.9. The van der Waals surface area contributed by atoms with Gasteiger partial charge in [-0.15, -0.1) is 0 Å². The standard InChI is InChI=1S/C33H59B/c1-4-14-27(26-16-9-7-10-17-26)23-31-25(3)21-22-32(34)33(30-20-13-12-19-29(30)31)28-18-11-6-5-8-15-24(28)2/h24-33H,4-23H2,1-3H3. The van der Waals surface area contributed by atoms with Gasteiger partial charge in [-0.3, -0.25) is 0 Å². The van der Waals surface area contributed by atoms with E-state index < -0.39 is 0 Å². The third-order valence-electron chi connectivity index (χ3n) is 11.8.